The highest BCUT2D eigenvalue weighted by molar-refractivity contribution is 6.02. The van der Waals surface area contributed by atoms with E-state index >= 15 is 0 Å². The molecule has 2 aliphatic rings. The van der Waals surface area contributed by atoms with Crippen molar-refractivity contribution in [3.63, 3.8) is 0 Å². The van der Waals surface area contributed by atoms with Crippen molar-refractivity contribution in [3.05, 3.63) is 61.4 Å². The lowest BCUT2D eigenvalue weighted by Gasteiger charge is -2.43. The van der Waals surface area contributed by atoms with Crippen molar-refractivity contribution >= 4 is 45.7 Å². The summed E-state index contributed by atoms with van der Waals surface area (Å²) in [5, 5.41) is 11.7. The number of fused-ring (bicyclic) bond motifs is 1. The van der Waals surface area contributed by atoms with Crippen LogP contribution in [-0.2, 0) is 16.6 Å². The van der Waals surface area contributed by atoms with E-state index in [0.29, 0.717) is 29.1 Å². The fourth-order valence-corrected chi connectivity index (χ4v) is 6.28. The number of aromatic nitrogens is 4. The fraction of sp³-hybridized carbons (Fsp3) is 0.364. The third-order valence-corrected chi connectivity index (χ3v) is 8.79. The van der Waals surface area contributed by atoms with E-state index in [4.69, 9.17) is 9.72 Å². The molecule has 0 spiro atoms. The summed E-state index contributed by atoms with van der Waals surface area (Å²) in [6.07, 6.45) is 6.79. The fourth-order valence-electron chi connectivity index (χ4n) is 6.28. The highest BCUT2D eigenvalue weighted by Gasteiger charge is 2.29. The van der Waals surface area contributed by atoms with Crippen LogP contribution in [0.1, 0.15) is 19.8 Å². The summed E-state index contributed by atoms with van der Waals surface area (Å²) >= 11 is 0. The van der Waals surface area contributed by atoms with Gasteiger partial charge in [0.1, 0.15) is 5.75 Å². The van der Waals surface area contributed by atoms with Crippen LogP contribution in [0.4, 0.5) is 23.0 Å². The third kappa shape index (κ3) is 6.46. The molecule has 0 aliphatic carbocycles. The van der Waals surface area contributed by atoms with Crippen molar-refractivity contribution in [2.45, 2.75) is 25.8 Å². The smallest absolute Gasteiger partial charge is 0.247 e. The topological polar surface area (TPSA) is 121 Å². The van der Waals surface area contributed by atoms with E-state index in [1.165, 1.54) is 6.08 Å². The number of ether oxygens (including phenoxy) is 1. The number of anilines is 4. The zero-order chi connectivity index (χ0) is 31.5. The minimum absolute atomic E-state index is 0.146. The first-order valence-corrected chi connectivity index (χ1v) is 15.2. The molecule has 45 heavy (non-hydrogen) atoms. The second-order valence-electron chi connectivity index (χ2n) is 11.5. The summed E-state index contributed by atoms with van der Waals surface area (Å²) in [5.41, 5.74) is 4.91. The maximum absolute atomic E-state index is 12.5. The molecule has 0 saturated carbocycles. The number of aryl methyl sites for hydroxylation is 1. The van der Waals surface area contributed by atoms with Gasteiger partial charge in [-0.1, -0.05) is 12.6 Å². The Kier molecular flexibility index (Phi) is 8.65. The van der Waals surface area contributed by atoms with E-state index in [1.54, 1.807) is 20.2 Å². The monoisotopic (exact) mass is 609 g/mol. The minimum atomic E-state index is -0.297. The van der Waals surface area contributed by atoms with Gasteiger partial charge in [0.05, 0.1) is 41.6 Å². The Morgan fingerprint density at radius 1 is 1.02 bits per heavy atom. The van der Waals surface area contributed by atoms with Gasteiger partial charge < -0.3 is 25.2 Å². The van der Waals surface area contributed by atoms with Crippen LogP contribution in [0.2, 0.25) is 0 Å². The maximum atomic E-state index is 12.5. The molecule has 2 aromatic carbocycles. The molecule has 12 nitrogen and oxygen atoms in total. The number of carbonyl (C=O) groups excluding carboxylic acids is 2. The SMILES string of the molecule is C=CC(=O)Nc1cc(Nc2nccc(-c3ccc4c(cnn4C)c3)n2)c(OC)cc1N1CCC(N2CCN(C(C)=O)CC2)CC1. The predicted octanol–water partition coefficient (Wildman–Crippen LogP) is 4.04. The van der Waals surface area contributed by atoms with Crippen LogP contribution in [0, 0.1) is 0 Å². The normalized spacial score (nSPS) is 16.1. The Labute approximate surface area is 262 Å². The second kappa shape index (κ2) is 12.9. The van der Waals surface area contributed by atoms with Crippen molar-refractivity contribution in [2.75, 3.05) is 61.9 Å². The summed E-state index contributed by atoms with van der Waals surface area (Å²) in [6, 6.07) is 12.2. The number of carbonyl (C=O) groups is 2. The average molecular weight is 610 g/mol. The van der Waals surface area contributed by atoms with Gasteiger partial charge in [0.2, 0.25) is 17.8 Å². The van der Waals surface area contributed by atoms with E-state index in [9.17, 15) is 9.59 Å². The van der Waals surface area contributed by atoms with E-state index in [-0.39, 0.29) is 11.8 Å². The Bertz CT molecular complexity index is 1720. The number of piperazine rings is 1. The molecule has 0 bridgehead atoms. The number of piperidine rings is 1. The van der Waals surface area contributed by atoms with Crippen molar-refractivity contribution in [1.82, 2.24) is 29.5 Å². The van der Waals surface area contributed by atoms with Crippen LogP contribution in [0.15, 0.2) is 61.4 Å². The number of nitrogens with zero attached hydrogens (tertiary/aromatic N) is 7. The van der Waals surface area contributed by atoms with Crippen molar-refractivity contribution < 1.29 is 14.3 Å². The van der Waals surface area contributed by atoms with Crippen molar-refractivity contribution in [3.8, 4) is 17.0 Å². The molecular formula is C33H39N9O3. The number of hydrogen-bond acceptors (Lipinski definition) is 9. The number of benzene rings is 2. The van der Waals surface area contributed by atoms with Crippen molar-refractivity contribution in [2.24, 2.45) is 7.05 Å². The first-order chi connectivity index (χ1) is 21.8. The molecule has 2 fully saturated rings. The van der Waals surface area contributed by atoms with Crippen LogP contribution >= 0.6 is 0 Å². The highest BCUT2D eigenvalue weighted by atomic mass is 16.5. The zero-order valence-corrected chi connectivity index (χ0v) is 26.0. The molecule has 6 rings (SSSR count). The minimum Gasteiger partial charge on any atom is -0.494 e. The van der Waals surface area contributed by atoms with Gasteiger partial charge in [-0.25, -0.2) is 9.97 Å². The summed E-state index contributed by atoms with van der Waals surface area (Å²) < 4.78 is 7.66. The molecule has 2 aromatic heterocycles. The number of methoxy groups -OCH3 is 1. The van der Waals surface area contributed by atoms with Crippen LogP contribution in [0.25, 0.3) is 22.2 Å². The maximum Gasteiger partial charge on any atom is 0.247 e. The Balaban J connectivity index is 1.22. The summed E-state index contributed by atoms with van der Waals surface area (Å²) in [7, 11) is 3.54. The number of rotatable bonds is 8. The number of amides is 2. The summed E-state index contributed by atoms with van der Waals surface area (Å²) in [6.45, 7) is 10.3. The highest BCUT2D eigenvalue weighted by Crippen LogP contribution is 2.39. The third-order valence-electron chi connectivity index (χ3n) is 8.79. The van der Waals surface area contributed by atoms with Gasteiger partial charge in [-0.2, -0.15) is 5.10 Å². The van der Waals surface area contributed by atoms with Crippen molar-refractivity contribution in [1.29, 1.82) is 0 Å². The molecule has 2 amide bonds. The quantitative estimate of drug-likeness (QED) is 0.285. The second-order valence-corrected chi connectivity index (χ2v) is 11.5. The molecular weight excluding hydrogens is 570 g/mol. The first-order valence-electron chi connectivity index (χ1n) is 15.2. The Morgan fingerprint density at radius 3 is 2.51 bits per heavy atom. The average Bonchev–Trinajstić information content (AvgIpc) is 3.44. The number of hydrogen-bond donors (Lipinski definition) is 2. The molecule has 2 N–H and O–H groups in total. The standard InChI is InChI=1S/C33H39N9O3/c1-5-32(44)36-27-19-28(38-33-34-11-8-26(37-33)23-6-7-29-24(18-23)21-35-39(29)3)31(45-4)20-30(27)42-12-9-25(10-13-42)41-16-14-40(15-17-41)22(2)43/h5-8,11,18-21,25H,1,9-10,12-17H2,2-4H3,(H,36,44)(H,34,37,38). The number of nitrogens with one attached hydrogen (secondary N) is 2. The van der Waals surface area contributed by atoms with Gasteiger partial charge in [-0.05, 0) is 43.2 Å². The van der Waals surface area contributed by atoms with E-state index in [1.807, 2.05) is 53.2 Å². The van der Waals surface area contributed by atoms with Crippen LogP contribution in [0.5, 0.6) is 5.75 Å². The van der Waals surface area contributed by atoms with Gasteiger partial charge in [0.25, 0.3) is 0 Å². The summed E-state index contributed by atoms with van der Waals surface area (Å²) in [5.74, 6) is 0.855. The first kappa shape index (κ1) is 30.1. The van der Waals surface area contributed by atoms with Gasteiger partial charge in [0.15, 0.2) is 0 Å². The van der Waals surface area contributed by atoms with E-state index in [0.717, 1.165) is 80.0 Å². The molecule has 4 heterocycles. The molecule has 0 unspecified atom stereocenters. The largest absolute Gasteiger partial charge is 0.494 e. The van der Waals surface area contributed by atoms with Crippen LogP contribution in [0.3, 0.4) is 0 Å². The zero-order valence-electron chi connectivity index (χ0n) is 26.0. The molecule has 12 heteroatoms. The lowest BCUT2D eigenvalue weighted by Crippen LogP contribution is -2.54. The van der Waals surface area contributed by atoms with E-state index < -0.39 is 0 Å². The molecule has 234 valence electrons. The molecule has 2 saturated heterocycles. The molecule has 4 aromatic rings. The predicted molar refractivity (Wildman–Crippen MR) is 176 cm³/mol. The van der Waals surface area contributed by atoms with Crippen LogP contribution < -0.4 is 20.3 Å². The van der Waals surface area contributed by atoms with Gasteiger partial charge in [-0.3, -0.25) is 19.2 Å². The molecule has 2 aliphatic heterocycles. The molecule has 0 atom stereocenters. The lowest BCUT2D eigenvalue weighted by molar-refractivity contribution is -0.131. The Hall–Kier alpha value is -4.97. The summed E-state index contributed by atoms with van der Waals surface area (Å²) in [4.78, 5) is 40.2. The molecule has 0 radical (unpaired) electrons. The van der Waals surface area contributed by atoms with Crippen LogP contribution in [-0.4, -0.2) is 93.8 Å². The van der Waals surface area contributed by atoms with Gasteiger partial charge in [-0.15, -0.1) is 0 Å². The van der Waals surface area contributed by atoms with Gasteiger partial charge >= 0.3 is 0 Å². The lowest BCUT2D eigenvalue weighted by atomic mass is 10.0. The Morgan fingerprint density at radius 2 is 1.80 bits per heavy atom. The van der Waals surface area contributed by atoms with Gasteiger partial charge in [0, 0.05) is 82.5 Å². The van der Waals surface area contributed by atoms with E-state index in [2.05, 4.69) is 43.2 Å².